The van der Waals surface area contributed by atoms with Crippen molar-refractivity contribution in [1.29, 1.82) is 0 Å². The van der Waals surface area contributed by atoms with Crippen molar-refractivity contribution in [1.82, 2.24) is 15.0 Å². The number of hydrogen-bond acceptors (Lipinski definition) is 13. The van der Waals surface area contributed by atoms with Crippen molar-refractivity contribution in [3.05, 3.63) is 93.9 Å². The van der Waals surface area contributed by atoms with Crippen LogP contribution in [0.15, 0.2) is 85.0 Å². The van der Waals surface area contributed by atoms with Gasteiger partial charge >= 0.3 is 5.69 Å². The Kier molecular flexibility index (Phi) is 8.80. The number of fused-ring (bicyclic) bond motifs is 2. The summed E-state index contributed by atoms with van der Waals surface area (Å²) in [5.41, 5.74) is 0.245. The molecule has 0 radical (unpaired) electrons. The minimum absolute atomic E-state index is 0.00878. The summed E-state index contributed by atoms with van der Waals surface area (Å²) < 4.78 is 104. The minimum Gasteiger partial charge on any atom is -0.294 e. The number of aromatic nitrogens is 3. The monoisotopic (exact) mass is 697 g/mol. The summed E-state index contributed by atoms with van der Waals surface area (Å²) in [6, 6.07) is 13.0. The second-order valence-corrected chi connectivity index (χ2v) is 14.5. The molecule has 0 bridgehead atoms. The summed E-state index contributed by atoms with van der Waals surface area (Å²) in [6.07, 6.45) is -0.0180. The highest BCUT2D eigenvalue weighted by atomic mass is 32.2. The highest BCUT2D eigenvalue weighted by Crippen LogP contribution is 2.32. The Morgan fingerprint density at radius 1 is 0.711 bits per heavy atom. The van der Waals surface area contributed by atoms with Gasteiger partial charge in [0.15, 0.2) is 0 Å². The van der Waals surface area contributed by atoms with Gasteiger partial charge in [-0.2, -0.15) is 30.2 Å². The molecule has 5 N–H and O–H groups in total. The van der Waals surface area contributed by atoms with Gasteiger partial charge in [0.2, 0.25) is 0 Å². The van der Waals surface area contributed by atoms with Crippen LogP contribution in [0.3, 0.4) is 0 Å². The quantitative estimate of drug-likeness (QED) is 0.0608. The number of benzene rings is 4. The SMILES string of the molecule is O=c1nc(Cc2ccc3c(S(=O)(=O)O)cc(SOOO)cc3c2)nc(Cc2ccc3c(S(=O)(=O)O)cc(S(=O)(=O)O)cc3c2)[nH]1. The zero-order chi connectivity index (χ0) is 32.7. The Balaban J connectivity index is 1.49. The summed E-state index contributed by atoms with van der Waals surface area (Å²) >= 11 is 0.482. The molecule has 1 heterocycles. The standard InChI is InChI=1S/C25H19N3O13S4/c29-25-27-23(7-13-1-3-19-15(5-13)9-17(42-41-40-30)11-21(19)44(34,35)36)26-24(28-25)8-14-2-4-20-16(6-14)10-18(43(31,32)33)12-22(20)45(37,38)39/h1-6,9-12,30H,7-8H2,(H,31,32,33)(H,34,35,36)(H,37,38,39)(H,26,27,28,29). The fourth-order valence-corrected chi connectivity index (χ4v) is 7.25. The third-order valence-corrected chi connectivity index (χ3v) is 9.57. The second-order valence-electron chi connectivity index (χ2n) is 9.48. The molecule has 0 unspecified atom stereocenters. The van der Waals surface area contributed by atoms with E-state index in [1.54, 1.807) is 12.1 Å². The lowest BCUT2D eigenvalue weighted by Crippen LogP contribution is -2.18. The smallest absolute Gasteiger partial charge is 0.294 e. The zero-order valence-corrected chi connectivity index (χ0v) is 25.4. The topological polar surface area (TPSA) is 260 Å². The first kappa shape index (κ1) is 32.6. The maximum Gasteiger partial charge on any atom is 0.348 e. The Hall–Kier alpha value is -3.83. The molecule has 0 aliphatic rings. The van der Waals surface area contributed by atoms with Crippen molar-refractivity contribution in [2.45, 2.75) is 32.4 Å². The van der Waals surface area contributed by atoms with Crippen molar-refractivity contribution in [2.24, 2.45) is 0 Å². The molecule has 0 atom stereocenters. The van der Waals surface area contributed by atoms with Gasteiger partial charge in [0, 0.05) is 28.5 Å². The third kappa shape index (κ3) is 7.53. The van der Waals surface area contributed by atoms with E-state index in [4.69, 9.17) is 5.26 Å². The summed E-state index contributed by atoms with van der Waals surface area (Å²) in [4.78, 5) is 21.4. The van der Waals surface area contributed by atoms with Crippen molar-refractivity contribution < 1.29 is 53.5 Å². The van der Waals surface area contributed by atoms with Crippen LogP contribution in [-0.2, 0) is 52.6 Å². The molecule has 0 saturated heterocycles. The van der Waals surface area contributed by atoms with E-state index in [2.05, 4.69) is 24.3 Å². The summed E-state index contributed by atoms with van der Waals surface area (Å²) in [6.45, 7) is 0. The molecule has 45 heavy (non-hydrogen) atoms. The van der Waals surface area contributed by atoms with Gasteiger partial charge in [-0.25, -0.2) is 15.0 Å². The molecule has 4 aromatic carbocycles. The first-order chi connectivity index (χ1) is 21.0. The largest absolute Gasteiger partial charge is 0.348 e. The number of rotatable bonds is 10. The molecule has 1 aromatic heterocycles. The molecule has 20 heteroatoms. The Bertz CT molecular complexity index is 2380. The van der Waals surface area contributed by atoms with Crippen LogP contribution in [0.5, 0.6) is 0 Å². The molecule has 0 aliphatic heterocycles. The Morgan fingerprint density at radius 2 is 1.29 bits per heavy atom. The first-order valence-corrected chi connectivity index (χ1v) is 17.2. The van der Waals surface area contributed by atoms with E-state index >= 15 is 0 Å². The lowest BCUT2D eigenvalue weighted by Gasteiger charge is -2.10. The van der Waals surface area contributed by atoms with Crippen LogP contribution in [0.4, 0.5) is 0 Å². The molecule has 0 aliphatic carbocycles. The predicted molar refractivity (Wildman–Crippen MR) is 156 cm³/mol. The van der Waals surface area contributed by atoms with Crippen molar-refractivity contribution in [3.8, 4) is 0 Å². The molecule has 0 saturated carbocycles. The van der Waals surface area contributed by atoms with Crippen molar-refractivity contribution >= 4 is 63.9 Å². The molecular formula is C25H19N3O13S4. The van der Waals surface area contributed by atoms with Crippen LogP contribution >= 0.6 is 12.0 Å². The lowest BCUT2D eigenvalue weighted by molar-refractivity contribution is -0.432. The number of aromatic amines is 1. The Labute approximate surface area is 258 Å². The molecule has 236 valence electrons. The van der Waals surface area contributed by atoms with Crippen LogP contribution in [0.1, 0.15) is 22.8 Å². The molecule has 0 fully saturated rings. The van der Waals surface area contributed by atoms with E-state index in [9.17, 15) is 43.7 Å². The zero-order valence-electron chi connectivity index (χ0n) is 22.2. The average Bonchev–Trinajstić information content (AvgIpc) is 2.93. The molecule has 0 amide bonds. The molecule has 16 nitrogen and oxygen atoms in total. The average molecular weight is 698 g/mol. The number of nitrogens with zero attached hydrogens (tertiary/aromatic N) is 2. The lowest BCUT2D eigenvalue weighted by atomic mass is 10.0. The second kappa shape index (κ2) is 12.2. The summed E-state index contributed by atoms with van der Waals surface area (Å²) in [5.74, 6) is 0.216. The van der Waals surface area contributed by atoms with E-state index in [1.165, 1.54) is 30.3 Å². The van der Waals surface area contributed by atoms with E-state index in [0.29, 0.717) is 34.6 Å². The maximum atomic E-state index is 12.4. The number of hydrogen-bond donors (Lipinski definition) is 5. The number of nitrogens with one attached hydrogen (secondary N) is 1. The van der Waals surface area contributed by atoms with Gasteiger partial charge in [0.05, 0.1) is 16.9 Å². The highest BCUT2D eigenvalue weighted by Gasteiger charge is 2.21. The van der Waals surface area contributed by atoms with Crippen LogP contribution in [0, 0.1) is 0 Å². The van der Waals surface area contributed by atoms with Gasteiger partial charge in [-0.15, -0.1) is 4.33 Å². The van der Waals surface area contributed by atoms with Gasteiger partial charge in [-0.3, -0.25) is 18.6 Å². The van der Waals surface area contributed by atoms with E-state index < -0.39 is 50.7 Å². The normalized spacial score (nSPS) is 12.6. The van der Waals surface area contributed by atoms with E-state index in [0.717, 1.165) is 12.1 Å². The Morgan fingerprint density at radius 3 is 1.87 bits per heavy atom. The van der Waals surface area contributed by atoms with Crippen LogP contribution in [0.25, 0.3) is 21.5 Å². The summed E-state index contributed by atoms with van der Waals surface area (Å²) in [7, 11) is -14.3. The predicted octanol–water partition coefficient (Wildman–Crippen LogP) is 2.82. The first-order valence-electron chi connectivity index (χ1n) is 12.2. The fourth-order valence-electron chi connectivity index (χ4n) is 4.63. The van der Waals surface area contributed by atoms with Crippen molar-refractivity contribution in [2.75, 3.05) is 0 Å². The highest BCUT2D eigenvalue weighted by molar-refractivity contribution is 7.94. The van der Waals surface area contributed by atoms with Crippen LogP contribution in [0.2, 0.25) is 0 Å². The minimum atomic E-state index is -4.86. The molecule has 5 aromatic rings. The van der Waals surface area contributed by atoms with Gasteiger partial charge in [-0.05, 0) is 46.2 Å². The van der Waals surface area contributed by atoms with Crippen LogP contribution in [-0.4, -0.2) is 59.1 Å². The van der Waals surface area contributed by atoms with Crippen LogP contribution < -0.4 is 5.69 Å². The fraction of sp³-hybridized carbons (Fsp3) is 0.0800. The van der Waals surface area contributed by atoms with Crippen molar-refractivity contribution in [3.63, 3.8) is 0 Å². The summed E-state index contributed by atoms with van der Waals surface area (Å²) in [5, 5.41) is 12.5. The number of H-pyrrole nitrogens is 1. The molecule has 0 spiro atoms. The molecule has 5 rings (SSSR count). The van der Waals surface area contributed by atoms with Gasteiger partial charge < -0.3 is 0 Å². The van der Waals surface area contributed by atoms with E-state index in [1.807, 2.05) is 0 Å². The van der Waals surface area contributed by atoms with E-state index in [-0.39, 0.29) is 45.5 Å². The maximum absolute atomic E-state index is 12.4. The van der Waals surface area contributed by atoms with Gasteiger partial charge in [0.25, 0.3) is 30.4 Å². The molecular weight excluding hydrogens is 679 g/mol. The third-order valence-electron chi connectivity index (χ3n) is 6.40. The van der Waals surface area contributed by atoms with Gasteiger partial charge in [0.1, 0.15) is 21.4 Å². The van der Waals surface area contributed by atoms with Gasteiger partial charge in [-0.1, -0.05) is 41.4 Å².